The highest BCUT2D eigenvalue weighted by Crippen LogP contribution is 2.44. The summed E-state index contributed by atoms with van der Waals surface area (Å²) in [5.41, 5.74) is 5.44. The van der Waals surface area contributed by atoms with Crippen LogP contribution in [-0.4, -0.2) is 47.1 Å². The molecule has 0 radical (unpaired) electrons. The number of aryl methyl sites for hydroxylation is 1. The van der Waals surface area contributed by atoms with Crippen molar-refractivity contribution in [1.29, 1.82) is 0 Å². The van der Waals surface area contributed by atoms with Crippen LogP contribution in [0.15, 0.2) is 97.2 Å². The van der Waals surface area contributed by atoms with Crippen molar-refractivity contribution in [2.24, 2.45) is 7.05 Å². The molecule has 40 heavy (non-hydrogen) atoms. The fourth-order valence-electron chi connectivity index (χ4n) is 6.47. The second-order valence-corrected chi connectivity index (χ2v) is 11.0. The lowest BCUT2D eigenvalue weighted by atomic mass is 9.81. The summed E-state index contributed by atoms with van der Waals surface area (Å²) in [4.78, 5) is 7.18. The third-order valence-electron chi connectivity index (χ3n) is 8.48. The Morgan fingerprint density at radius 3 is 2.27 bits per heavy atom. The van der Waals surface area contributed by atoms with Crippen LogP contribution in [0.5, 0.6) is 0 Å². The lowest BCUT2D eigenvalue weighted by Gasteiger charge is -2.46. The number of fused-ring (bicyclic) bond motifs is 1. The summed E-state index contributed by atoms with van der Waals surface area (Å²) in [7, 11) is 2.13. The lowest BCUT2D eigenvalue weighted by Crippen LogP contribution is -2.49. The average molecular weight is 545 g/mol. The molecule has 0 amide bonds. The maximum Gasteiger partial charge on any atom is 0.416 e. The van der Waals surface area contributed by atoms with Gasteiger partial charge in [-0.3, -0.25) is 9.80 Å². The summed E-state index contributed by atoms with van der Waals surface area (Å²) >= 11 is 0. The van der Waals surface area contributed by atoms with Crippen LogP contribution >= 0.6 is 0 Å². The normalized spacial score (nSPS) is 20.4. The number of rotatable bonds is 6. The minimum absolute atomic E-state index is 0.205. The van der Waals surface area contributed by atoms with Crippen LogP contribution < -0.4 is 4.90 Å². The van der Waals surface area contributed by atoms with Crippen molar-refractivity contribution in [2.45, 2.75) is 31.2 Å². The first-order valence-corrected chi connectivity index (χ1v) is 14.0. The van der Waals surface area contributed by atoms with E-state index in [9.17, 15) is 13.2 Å². The highest BCUT2D eigenvalue weighted by molar-refractivity contribution is 5.49. The number of nitrogens with zero attached hydrogens (tertiary/aromatic N) is 4. The van der Waals surface area contributed by atoms with Gasteiger partial charge in [0, 0.05) is 76.4 Å². The van der Waals surface area contributed by atoms with E-state index in [1.165, 1.54) is 34.5 Å². The van der Waals surface area contributed by atoms with Crippen molar-refractivity contribution in [2.75, 3.05) is 37.6 Å². The largest absolute Gasteiger partial charge is 0.416 e. The minimum Gasteiger partial charge on any atom is -0.369 e. The SMILES string of the molecule is Cn1cccc1[C@H]1[C@H](CN2CCN(c3cccc(C(F)(F)F)c3)CC2)c2ccccc2CN1Cc1ccccc1. The van der Waals surface area contributed by atoms with Gasteiger partial charge in [-0.25, -0.2) is 0 Å². The van der Waals surface area contributed by atoms with Crippen molar-refractivity contribution in [1.82, 2.24) is 14.4 Å². The van der Waals surface area contributed by atoms with E-state index in [0.29, 0.717) is 18.8 Å². The summed E-state index contributed by atoms with van der Waals surface area (Å²) in [6.07, 6.45) is -2.20. The van der Waals surface area contributed by atoms with Crippen LogP contribution in [0.3, 0.4) is 0 Å². The summed E-state index contributed by atoms with van der Waals surface area (Å²) < 4.78 is 42.1. The molecule has 6 rings (SSSR count). The van der Waals surface area contributed by atoms with E-state index >= 15 is 0 Å². The number of halogens is 3. The molecule has 2 atom stereocenters. The maximum atomic E-state index is 13.3. The molecule has 3 aromatic carbocycles. The van der Waals surface area contributed by atoms with E-state index in [4.69, 9.17) is 0 Å². The molecular formula is C33H35F3N4. The first-order valence-electron chi connectivity index (χ1n) is 14.0. The molecule has 4 nitrogen and oxygen atoms in total. The highest BCUT2D eigenvalue weighted by atomic mass is 19.4. The Bertz CT molecular complexity index is 1420. The van der Waals surface area contributed by atoms with Gasteiger partial charge in [0.25, 0.3) is 0 Å². The molecule has 0 N–H and O–H groups in total. The number of hydrogen-bond acceptors (Lipinski definition) is 3. The molecule has 0 bridgehead atoms. The first kappa shape index (κ1) is 26.7. The van der Waals surface area contributed by atoms with Gasteiger partial charge in [-0.1, -0.05) is 60.7 Å². The van der Waals surface area contributed by atoms with Crippen molar-refractivity contribution in [3.63, 3.8) is 0 Å². The van der Waals surface area contributed by atoms with Gasteiger partial charge >= 0.3 is 6.18 Å². The molecule has 208 valence electrons. The smallest absolute Gasteiger partial charge is 0.369 e. The van der Waals surface area contributed by atoms with Crippen molar-refractivity contribution in [3.8, 4) is 0 Å². The molecule has 1 fully saturated rings. The molecule has 7 heteroatoms. The van der Waals surface area contributed by atoms with Gasteiger partial charge < -0.3 is 9.47 Å². The van der Waals surface area contributed by atoms with Gasteiger partial charge in [0.15, 0.2) is 0 Å². The summed E-state index contributed by atoms with van der Waals surface area (Å²) in [5, 5.41) is 0. The van der Waals surface area contributed by atoms with Crippen LogP contribution in [0.2, 0.25) is 0 Å². The Morgan fingerprint density at radius 1 is 0.800 bits per heavy atom. The van der Waals surface area contributed by atoms with Gasteiger partial charge in [-0.15, -0.1) is 0 Å². The molecule has 2 aliphatic heterocycles. The third kappa shape index (κ3) is 5.54. The van der Waals surface area contributed by atoms with Crippen LogP contribution in [0.4, 0.5) is 18.9 Å². The fraction of sp³-hybridized carbons (Fsp3) is 0.333. The number of anilines is 1. The molecule has 2 aliphatic rings. The number of alkyl halides is 3. The van der Waals surface area contributed by atoms with Gasteiger partial charge in [0.05, 0.1) is 11.6 Å². The second kappa shape index (κ2) is 11.1. The predicted molar refractivity (Wildman–Crippen MR) is 153 cm³/mol. The molecule has 0 unspecified atom stereocenters. The quantitative estimate of drug-likeness (QED) is 0.268. The van der Waals surface area contributed by atoms with Gasteiger partial charge in [-0.2, -0.15) is 13.2 Å². The fourth-order valence-corrected chi connectivity index (χ4v) is 6.47. The van der Waals surface area contributed by atoms with Crippen molar-refractivity contribution < 1.29 is 13.2 Å². The predicted octanol–water partition coefficient (Wildman–Crippen LogP) is 6.71. The zero-order chi connectivity index (χ0) is 27.7. The molecule has 1 saturated heterocycles. The molecule has 4 aromatic rings. The molecule has 3 heterocycles. The Labute approximate surface area is 234 Å². The van der Waals surface area contributed by atoms with Gasteiger partial charge in [0.2, 0.25) is 0 Å². The van der Waals surface area contributed by atoms with E-state index < -0.39 is 11.7 Å². The number of hydrogen-bond donors (Lipinski definition) is 0. The lowest BCUT2D eigenvalue weighted by molar-refractivity contribution is -0.137. The van der Waals surface area contributed by atoms with E-state index in [2.05, 4.69) is 99.2 Å². The summed E-state index contributed by atoms with van der Waals surface area (Å²) in [5.74, 6) is 0.266. The number of piperazine rings is 1. The molecule has 1 aromatic heterocycles. The van der Waals surface area contributed by atoms with E-state index in [-0.39, 0.29) is 12.0 Å². The number of benzene rings is 3. The topological polar surface area (TPSA) is 14.7 Å². The standard InChI is InChI=1S/C33H35F3N4/c1-37-16-8-15-31(37)32-30(29-14-6-5-11-26(29)23-40(32)22-25-9-3-2-4-10-25)24-38-17-19-39(20-18-38)28-13-7-12-27(21-28)33(34,35)36/h2-16,21,30,32H,17-20,22-24H2,1H3/t30-,32-/m1/s1. The Hall–Kier alpha value is -3.55. The third-order valence-corrected chi connectivity index (χ3v) is 8.48. The summed E-state index contributed by atoms with van der Waals surface area (Å²) in [6.45, 7) is 5.69. The molecule has 0 aliphatic carbocycles. The highest BCUT2D eigenvalue weighted by Gasteiger charge is 2.38. The van der Waals surface area contributed by atoms with Crippen LogP contribution in [0.1, 0.15) is 39.9 Å². The van der Waals surface area contributed by atoms with Crippen LogP contribution in [0.25, 0.3) is 0 Å². The van der Waals surface area contributed by atoms with E-state index in [1.54, 1.807) is 6.07 Å². The average Bonchev–Trinajstić information content (AvgIpc) is 3.39. The molecule has 0 saturated carbocycles. The number of aromatic nitrogens is 1. The Kier molecular flexibility index (Phi) is 7.43. The van der Waals surface area contributed by atoms with Gasteiger partial charge in [0.1, 0.15) is 0 Å². The van der Waals surface area contributed by atoms with Gasteiger partial charge in [-0.05, 0) is 47.0 Å². The Balaban J connectivity index is 1.26. The first-order chi connectivity index (χ1) is 19.4. The summed E-state index contributed by atoms with van der Waals surface area (Å²) in [6, 6.07) is 29.8. The second-order valence-electron chi connectivity index (χ2n) is 11.0. The Morgan fingerprint density at radius 2 is 1.55 bits per heavy atom. The van der Waals surface area contributed by atoms with E-state index in [0.717, 1.165) is 38.8 Å². The molecule has 0 spiro atoms. The zero-order valence-electron chi connectivity index (χ0n) is 22.8. The minimum atomic E-state index is -4.33. The zero-order valence-corrected chi connectivity index (χ0v) is 22.8. The molecular weight excluding hydrogens is 509 g/mol. The maximum absolute atomic E-state index is 13.3. The van der Waals surface area contributed by atoms with Crippen molar-refractivity contribution >= 4 is 5.69 Å². The monoisotopic (exact) mass is 544 g/mol. The van der Waals surface area contributed by atoms with E-state index in [1.807, 2.05) is 0 Å². The van der Waals surface area contributed by atoms with Crippen molar-refractivity contribution in [3.05, 3.63) is 125 Å². The van der Waals surface area contributed by atoms with Crippen LogP contribution in [-0.2, 0) is 26.3 Å². The van der Waals surface area contributed by atoms with Crippen LogP contribution in [0, 0.1) is 0 Å².